The van der Waals surface area contributed by atoms with Crippen LogP contribution in [0, 0.1) is 11.8 Å². The van der Waals surface area contributed by atoms with E-state index in [1.54, 1.807) is 11.8 Å². The average Bonchev–Trinajstić information content (AvgIpc) is 3.23. The first kappa shape index (κ1) is 15.4. The van der Waals surface area contributed by atoms with Gasteiger partial charge < -0.3 is 14.4 Å². The van der Waals surface area contributed by atoms with E-state index in [2.05, 4.69) is 6.92 Å². The van der Waals surface area contributed by atoms with Gasteiger partial charge in [0.05, 0.1) is 25.2 Å². The zero-order chi connectivity index (χ0) is 16.9. The number of esters is 1. The lowest BCUT2D eigenvalue weighted by atomic mass is 9.77. The Bertz CT molecular complexity index is 711. The molecule has 0 aliphatic carbocycles. The third-order valence-electron chi connectivity index (χ3n) is 5.32. The van der Waals surface area contributed by atoms with Crippen LogP contribution in [0.3, 0.4) is 0 Å². The highest BCUT2D eigenvalue weighted by Crippen LogP contribution is 2.52. The Morgan fingerprint density at radius 2 is 2.08 bits per heavy atom. The molecule has 5 heteroatoms. The Morgan fingerprint density at radius 3 is 2.75 bits per heavy atom. The Balaban J connectivity index is 1.65. The van der Waals surface area contributed by atoms with Crippen molar-refractivity contribution in [3.63, 3.8) is 0 Å². The first-order valence-electron chi connectivity index (χ1n) is 8.54. The number of fused-ring (bicyclic) bond motifs is 1. The van der Waals surface area contributed by atoms with Gasteiger partial charge in [-0.25, -0.2) is 0 Å². The average molecular weight is 327 g/mol. The number of nitrogens with zero attached hydrogens (tertiary/aromatic N) is 1. The molecule has 1 spiro atoms. The molecule has 3 heterocycles. The zero-order valence-corrected chi connectivity index (χ0v) is 13.9. The van der Waals surface area contributed by atoms with Crippen molar-refractivity contribution in [2.24, 2.45) is 11.8 Å². The molecule has 3 aliphatic rings. The second-order valence-electron chi connectivity index (χ2n) is 6.60. The molecule has 1 aromatic rings. The maximum Gasteiger partial charge on any atom is 0.312 e. The number of amides is 1. The summed E-state index contributed by atoms with van der Waals surface area (Å²) in [5.41, 5.74) is 1.39. The van der Waals surface area contributed by atoms with Crippen molar-refractivity contribution >= 4 is 17.6 Å². The third kappa shape index (κ3) is 2.04. The minimum absolute atomic E-state index is 0.0517. The van der Waals surface area contributed by atoms with E-state index in [9.17, 15) is 9.59 Å². The predicted octanol–water partition coefficient (Wildman–Crippen LogP) is 2.10. The minimum Gasteiger partial charge on any atom is -0.466 e. The second-order valence-corrected chi connectivity index (χ2v) is 6.60. The molecule has 3 aliphatic heterocycles. The number of carbonyl (C=O) groups is 2. The highest BCUT2D eigenvalue weighted by atomic mass is 16.6. The molecule has 0 aromatic heterocycles. The van der Waals surface area contributed by atoms with Crippen LogP contribution in [0.4, 0.5) is 5.69 Å². The van der Waals surface area contributed by atoms with Gasteiger partial charge in [-0.2, -0.15) is 0 Å². The number of rotatable bonds is 4. The molecule has 4 rings (SSSR count). The van der Waals surface area contributed by atoms with E-state index >= 15 is 0 Å². The van der Waals surface area contributed by atoms with Crippen molar-refractivity contribution in [2.75, 3.05) is 18.1 Å². The summed E-state index contributed by atoms with van der Waals surface area (Å²) in [6.07, 6.45) is 4.47. The van der Waals surface area contributed by atoms with E-state index in [0.29, 0.717) is 13.2 Å². The molecule has 1 aromatic carbocycles. The topological polar surface area (TPSA) is 55.8 Å². The van der Waals surface area contributed by atoms with Crippen LogP contribution in [0.5, 0.6) is 0 Å². The van der Waals surface area contributed by atoms with Gasteiger partial charge in [-0.05, 0) is 31.0 Å². The Hall–Kier alpha value is -2.14. The number of carbonyl (C=O) groups excluding carboxylic acids is 2. The molecule has 0 saturated carbocycles. The fourth-order valence-electron chi connectivity index (χ4n) is 4.14. The lowest BCUT2D eigenvalue weighted by molar-refractivity contribution is -0.151. The van der Waals surface area contributed by atoms with Crippen LogP contribution in [0.15, 0.2) is 36.4 Å². The molecule has 1 amide bonds. The summed E-state index contributed by atoms with van der Waals surface area (Å²) in [4.78, 5) is 27.1. The lowest BCUT2D eigenvalue weighted by Crippen LogP contribution is -2.40. The number of hydrogen-bond donors (Lipinski definition) is 0. The van der Waals surface area contributed by atoms with Gasteiger partial charge in [-0.3, -0.25) is 9.59 Å². The van der Waals surface area contributed by atoms with Gasteiger partial charge in [0.1, 0.15) is 11.5 Å². The first-order valence-corrected chi connectivity index (χ1v) is 8.54. The first-order chi connectivity index (χ1) is 11.6. The third-order valence-corrected chi connectivity index (χ3v) is 5.32. The minimum atomic E-state index is -0.692. The SMILES string of the molecule is CCOC(=O)[C@@H]1[C@H]2C(=O)N(c3ccc(CC)cc3)C[C@]23C=C[C@H]1O3. The van der Waals surface area contributed by atoms with E-state index in [1.807, 2.05) is 36.4 Å². The van der Waals surface area contributed by atoms with E-state index in [4.69, 9.17) is 9.47 Å². The summed E-state index contributed by atoms with van der Waals surface area (Å²) in [6.45, 7) is 4.63. The van der Waals surface area contributed by atoms with Gasteiger partial charge in [-0.15, -0.1) is 0 Å². The maximum atomic E-state index is 13.0. The van der Waals surface area contributed by atoms with Crippen LogP contribution < -0.4 is 4.90 Å². The number of aryl methyl sites for hydroxylation is 1. The van der Waals surface area contributed by atoms with Crippen molar-refractivity contribution in [1.82, 2.24) is 0 Å². The van der Waals surface area contributed by atoms with Crippen LogP contribution in [-0.4, -0.2) is 36.7 Å². The Labute approximate surface area is 141 Å². The molecular formula is C19H21NO4. The number of ether oxygens (including phenoxy) is 2. The fourth-order valence-corrected chi connectivity index (χ4v) is 4.14. The molecule has 4 atom stereocenters. The van der Waals surface area contributed by atoms with Gasteiger partial charge in [0, 0.05) is 5.69 Å². The second kappa shape index (κ2) is 5.45. The summed E-state index contributed by atoms with van der Waals surface area (Å²) in [5.74, 6) is -1.42. The largest absolute Gasteiger partial charge is 0.466 e. The molecule has 2 fully saturated rings. The molecule has 126 valence electrons. The molecule has 0 N–H and O–H groups in total. The molecule has 0 radical (unpaired) electrons. The molecule has 2 saturated heterocycles. The normalized spacial score (nSPS) is 33.2. The van der Waals surface area contributed by atoms with Crippen molar-refractivity contribution in [2.45, 2.75) is 32.0 Å². The van der Waals surface area contributed by atoms with Crippen LogP contribution in [0.2, 0.25) is 0 Å². The monoisotopic (exact) mass is 327 g/mol. The molecular weight excluding hydrogens is 306 g/mol. The molecule has 2 bridgehead atoms. The van der Waals surface area contributed by atoms with Crippen LogP contribution in [-0.2, 0) is 25.5 Å². The highest BCUT2D eigenvalue weighted by molar-refractivity contribution is 6.02. The smallest absolute Gasteiger partial charge is 0.312 e. The van der Waals surface area contributed by atoms with Crippen molar-refractivity contribution < 1.29 is 19.1 Å². The standard InChI is InChI=1S/C19H21NO4/c1-3-12-5-7-13(8-6-12)20-11-19-10-9-14(24-19)15(16(19)17(20)21)18(22)23-4-2/h5-10,14-16H,3-4,11H2,1-2H3/t14-,15+,16+,19-/m1/s1. The maximum absolute atomic E-state index is 13.0. The Morgan fingerprint density at radius 1 is 1.33 bits per heavy atom. The fraction of sp³-hybridized carbons (Fsp3) is 0.474. The highest BCUT2D eigenvalue weighted by Gasteiger charge is 2.67. The summed E-state index contributed by atoms with van der Waals surface area (Å²) in [7, 11) is 0. The zero-order valence-electron chi connectivity index (χ0n) is 13.9. The number of anilines is 1. The molecule has 0 unspecified atom stereocenters. The van der Waals surface area contributed by atoms with Gasteiger partial charge in [0.2, 0.25) is 5.91 Å². The van der Waals surface area contributed by atoms with E-state index < -0.39 is 17.4 Å². The van der Waals surface area contributed by atoms with Gasteiger partial charge in [0.25, 0.3) is 0 Å². The quantitative estimate of drug-likeness (QED) is 0.628. The predicted molar refractivity (Wildman–Crippen MR) is 88.5 cm³/mol. The van der Waals surface area contributed by atoms with Gasteiger partial charge in [-0.1, -0.05) is 31.2 Å². The molecule has 5 nitrogen and oxygen atoms in total. The summed E-state index contributed by atoms with van der Waals surface area (Å²) in [6, 6.07) is 7.99. The van der Waals surface area contributed by atoms with Crippen LogP contribution >= 0.6 is 0 Å². The molecule has 24 heavy (non-hydrogen) atoms. The van der Waals surface area contributed by atoms with E-state index in [-0.39, 0.29) is 18.0 Å². The summed E-state index contributed by atoms with van der Waals surface area (Å²) < 4.78 is 11.2. The van der Waals surface area contributed by atoms with Crippen LogP contribution in [0.25, 0.3) is 0 Å². The summed E-state index contributed by atoms with van der Waals surface area (Å²) in [5, 5.41) is 0. The van der Waals surface area contributed by atoms with Gasteiger partial charge >= 0.3 is 5.97 Å². The van der Waals surface area contributed by atoms with Crippen molar-refractivity contribution in [1.29, 1.82) is 0 Å². The van der Waals surface area contributed by atoms with Gasteiger partial charge in [0.15, 0.2) is 0 Å². The number of hydrogen-bond acceptors (Lipinski definition) is 4. The van der Waals surface area contributed by atoms with E-state index in [0.717, 1.165) is 12.1 Å². The summed E-state index contributed by atoms with van der Waals surface area (Å²) >= 11 is 0. The van der Waals surface area contributed by atoms with Crippen molar-refractivity contribution in [3.05, 3.63) is 42.0 Å². The van der Waals surface area contributed by atoms with Crippen molar-refractivity contribution in [3.8, 4) is 0 Å². The van der Waals surface area contributed by atoms with Crippen LogP contribution in [0.1, 0.15) is 19.4 Å². The number of benzene rings is 1. The lowest BCUT2D eigenvalue weighted by Gasteiger charge is -2.22. The van der Waals surface area contributed by atoms with E-state index in [1.165, 1.54) is 5.56 Å². The Kier molecular flexibility index (Phi) is 3.49.